The van der Waals surface area contributed by atoms with E-state index in [9.17, 15) is 9.59 Å². The highest BCUT2D eigenvalue weighted by atomic mass is 16.5. The van der Waals surface area contributed by atoms with Crippen molar-refractivity contribution in [1.82, 2.24) is 10.2 Å². The predicted octanol–water partition coefficient (Wildman–Crippen LogP) is 4.06. The minimum absolute atomic E-state index is 0.162. The number of carbonyl (C=O) groups is 2. The van der Waals surface area contributed by atoms with Crippen LogP contribution in [0.1, 0.15) is 48.0 Å². The highest BCUT2D eigenvalue weighted by molar-refractivity contribution is 6.09. The topological polar surface area (TPSA) is 79.9 Å². The largest absolute Gasteiger partial charge is 0.496 e. The van der Waals surface area contributed by atoms with Crippen LogP contribution in [0.3, 0.4) is 0 Å². The van der Waals surface area contributed by atoms with Crippen molar-refractivity contribution >= 4 is 23.6 Å². The molecule has 0 atom stereocenters. The molecule has 0 unspecified atom stereocenters. The van der Waals surface area contributed by atoms with Gasteiger partial charge in [0.15, 0.2) is 11.5 Å². The van der Waals surface area contributed by atoms with E-state index in [0.29, 0.717) is 35.3 Å². The van der Waals surface area contributed by atoms with E-state index in [0.717, 1.165) is 12.1 Å². The lowest BCUT2D eigenvalue weighted by molar-refractivity contribution is -0.115. The third-order valence-electron chi connectivity index (χ3n) is 6.31. The Morgan fingerprint density at radius 1 is 1.21 bits per heavy atom. The molecule has 0 bridgehead atoms. The number of benzene rings is 2. The summed E-state index contributed by atoms with van der Waals surface area (Å²) >= 11 is 0. The number of hydrogen-bond acceptors (Lipinski definition) is 5. The average molecular weight is 450 g/mol. The molecule has 0 radical (unpaired) electrons. The number of nitrogens with zero attached hydrogens (tertiary/aromatic N) is 1. The first-order valence-electron chi connectivity index (χ1n) is 11.5. The summed E-state index contributed by atoms with van der Waals surface area (Å²) < 4.78 is 11.2. The summed E-state index contributed by atoms with van der Waals surface area (Å²) in [7, 11) is 3.71. The highest BCUT2D eigenvalue weighted by Gasteiger charge is 2.24. The van der Waals surface area contributed by atoms with Gasteiger partial charge in [-0.15, -0.1) is 0 Å². The van der Waals surface area contributed by atoms with Crippen LogP contribution in [0.15, 0.2) is 48.2 Å². The van der Waals surface area contributed by atoms with Gasteiger partial charge in [-0.25, -0.2) is 0 Å². The molecule has 2 amide bonds. The van der Waals surface area contributed by atoms with Crippen LogP contribution in [0.5, 0.6) is 11.5 Å². The van der Waals surface area contributed by atoms with Crippen molar-refractivity contribution in [3.8, 4) is 11.5 Å². The number of rotatable bonds is 7. The summed E-state index contributed by atoms with van der Waals surface area (Å²) in [5, 5.41) is 5.80. The molecule has 7 nitrogen and oxygen atoms in total. The molecule has 0 aromatic heterocycles. The lowest BCUT2D eigenvalue weighted by atomic mass is 9.94. The molecular formula is C26H31N3O4. The van der Waals surface area contributed by atoms with E-state index in [-0.39, 0.29) is 17.6 Å². The molecule has 2 aliphatic rings. The summed E-state index contributed by atoms with van der Waals surface area (Å²) in [4.78, 5) is 27.6. The van der Waals surface area contributed by atoms with Crippen LogP contribution >= 0.6 is 0 Å². The van der Waals surface area contributed by atoms with E-state index in [4.69, 9.17) is 9.47 Å². The summed E-state index contributed by atoms with van der Waals surface area (Å²) in [6, 6.07) is 13.1. The predicted molar refractivity (Wildman–Crippen MR) is 129 cm³/mol. The number of ether oxygens (including phenoxy) is 2. The zero-order chi connectivity index (χ0) is 23.2. The monoisotopic (exact) mass is 449 g/mol. The average Bonchev–Trinajstić information content (AvgIpc) is 2.85. The van der Waals surface area contributed by atoms with Gasteiger partial charge >= 0.3 is 0 Å². The zero-order valence-corrected chi connectivity index (χ0v) is 19.2. The minimum atomic E-state index is -0.375. The van der Waals surface area contributed by atoms with E-state index >= 15 is 0 Å². The molecule has 4 rings (SSSR count). The van der Waals surface area contributed by atoms with Crippen molar-refractivity contribution in [3.63, 3.8) is 0 Å². The van der Waals surface area contributed by atoms with Crippen LogP contribution in [-0.4, -0.2) is 50.0 Å². The van der Waals surface area contributed by atoms with Gasteiger partial charge in [0, 0.05) is 30.3 Å². The second-order valence-corrected chi connectivity index (χ2v) is 8.55. The quantitative estimate of drug-likeness (QED) is 0.623. The van der Waals surface area contributed by atoms with Crippen LogP contribution in [0.2, 0.25) is 0 Å². The first kappa shape index (κ1) is 22.9. The van der Waals surface area contributed by atoms with Crippen molar-refractivity contribution in [2.45, 2.75) is 38.1 Å². The number of hydrogen-bond donors (Lipinski definition) is 2. The molecule has 1 fully saturated rings. The molecule has 1 aliphatic heterocycles. The first-order valence-corrected chi connectivity index (χ1v) is 11.5. The van der Waals surface area contributed by atoms with Gasteiger partial charge in [0.2, 0.25) is 0 Å². The number of anilines is 1. The molecule has 1 aliphatic carbocycles. The Bertz CT molecular complexity index is 1040. The van der Waals surface area contributed by atoms with Gasteiger partial charge in [-0.1, -0.05) is 37.5 Å². The number of amides is 2. The van der Waals surface area contributed by atoms with Crippen LogP contribution in [0.4, 0.5) is 5.69 Å². The van der Waals surface area contributed by atoms with E-state index < -0.39 is 0 Å². The molecular weight excluding hydrogens is 418 g/mol. The fourth-order valence-electron chi connectivity index (χ4n) is 4.38. The van der Waals surface area contributed by atoms with E-state index in [1.54, 1.807) is 31.4 Å². The van der Waals surface area contributed by atoms with Gasteiger partial charge in [-0.3, -0.25) is 9.59 Å². The summed E-state index contributed by atoms with van der Waals surface area (Å²) in [6.45, 7) is 1.40. The minimum Gasteiger partial charge on any atom is -0.496 e. The number of likely N-dealkylation sites (N-methyl/N-ethyl adjacent to an activating group) is 1. The molecule has 1 saturated carbocycles. The molecule has 2 N–H and O–H groups in total. The molecule has 2 aromatic carbocycles. The first-order chi connectivity index (χ1) is 16.0. The fourth-order valence-corrected chi connectivity index (χ4v) is 4.38. The maximum atomic E-state index is 12.6. The summed E-state index contributed by atoms with van der Waals surface area (Å²) in [6.07, 6.45) is 8.03. The second-order valence-electron chi connectivity index (χ2n) is 8.55. The lowest BCUT2D eigenvalue weighted by Gasteiger charge is -2.31. The molecule has 7 heteroatoms. The van der Waals surface area contributed by atoms with E-state index in [1.807, 2.05) is 24.3 Å². The van der Waals surface area contributed by atoms with Gasteiger partial charge in [-0.2, -0.15) is 0 Å². The third kappa shape index (κ3) is 5.54. The van der Waals surface area contributed by atoms with Crippen molar-refractivity contribution in [2.24, 2.45) is 0 Å². The Kier molecular flexibility index (Phi) is 7.29. The van der Waals surface area contributed by atoms with E-state index in [2.05, 4.69) is 22.6 Å². The molecule has 2 aromatic rings. The van der Waals surface area contributed by atoms with Crippen molar-refractivity contribution in [3.05, 3.63) is 59.4 Å². The standard InChI is InChI=1S/C26H31N3O4/c1-29(20-9-4-3-5-10-20)15-14-27-25(30)19-12-13-23-21(16-19)28-26(31)24(33-23)17-18-8-6-7-11-22(18)32-2/h6-8,11-13,16-17,20H,3-5,9-10,14-15H2,1-2H3,(H,27,30)(H,28,31). The van der Waals surface area contributed by atoms with Crippen molar-refractivity contribution in [2.75, 3.05) is 32.6 Å². The van der Waals surface area contributed by atoms with Crippen LogP contribution in [-0.2, 0) is 4.79 Å². The van der Waals surface area contributed by atoms with Gasteiger partial charge in [-0.05, 0) is 50.2 Å². The van der Waals surface area contributed by atoms with Crippen LogP contribution in [0.25, 0.3) is 6.08 Å². The third-order valence-corrected chi connectivity index (χ3v) is 6.31. The van der Waals surface area contributed by atoms with Gasteiger partial charge in [0.05, 0.1) is 12.8 Å². The van der Waals surface area contributed by atoms with Gasteiger partial charge in [0.25, 0.3) is 11.8 Å². The van der Waals surface area contributed by atoms with Gasteiger partial charge < -0.3 is 25.0 Å². The molecule has 33 heavy (non-hydrogen) atoms. The fraction of sp³-hybridized carbons (Fsp3) is 0.385. The number of nitrogens with one attached hydrogen (secondary N) is 2. The van der Waals surface area contributed by atoms with Gasteiger partial charge in [0.1, 0.15) is 5.75 Å². The number of carbonyl (C=O) groups excluding carboxylic acids is 2. The second kappa shape index (κ2) is 10.5. The molecule has 174 valence electrons. The SMILES string of the molecule is COc1ccccc1C=C1Oc2ccc(C(=O)NCCN(C)C3CCCCC3)cc2NC1=O. The maximum absolute atomic E-state index is 12.6. The molecule has 1 heterocycles. The van der Waals surface area contributed by atoms with Crippen molar-refractivity contribution < 1.29 is 19.1 Å². The Hall–Kier alpha value is -3.32. The Balaban J connectivity index is 1.38. The van der Waals surface area contributed by atoms with Crippen LogP contribution < -0.4 is 20.1 Å². The van der Waals surface area contributed by atoms with Crippen molar-refractivity contribution in [1.29, 1.82) is 0 Å². The number of methoxy groups -OCH3 is 1. The maximum Gasteiger partial charge on any atom is 0.291 e. The summed E-state index contributed by atoms with van der Waals surface area (Å²) in [5.74, 6) is 0.757. The number of fused-ring (bicyclic) bond motifs is 1. The number of para-hydroxylation sites is 1. The Morgan fingerprint density at radius 2 is 2.00 bits per heavy atom. The normalized spacial score (nSPS) is 17.3. The Labute approximate surface area is 194 Å². The Morgan fingerprint density at radius 3 is 2.79 bits per heavy atom. The zero-order valence-electron chi connectivity index (χ0n) is 19.2. The summed E-state index contributed by atoms with van der Waals surface area (Å²) in [5.41, 5.74) is 1.70. The molecule has 0 saturated heterocycles. The molecule has 0 spiro atoms. The highest BCUT2D eigenvalue weighted by Crippen LogP contribution is 2.33. The smallest absolute Gasteiger partial charge is 0.291 e. The lowest BCUT2D eigenvalue weighted by Crippen LogP contribution is -2.39. The van der Waals surface area contributed by atoms with Crippen LogP contribution in [0, 0.1) is 0 Å². The van der Waals surface area contributed by atoms with E-state index in [1.165, 1.54) is 32.1 Å².